The fourth-order valence-corrected chi connectivity index (χ4v) is 8.32. The van der Waals surface area contributed by atoms with Gasteiger partial charge in [-0.15, -0.1) is 0 Å². The minimum atomic E-state index is -0.184. The predicted octanol–water partition coefficient (Wildman–Crippen LogP) is 8.26. The van der Waals surface area contributed by atoms with Gasteiger partial charge in [-0.1, -0.05) is 103 Å². The molecule has 2 atom stereocenters. The van der Waals surface area contributed by atoms with Gasteiger partial charge in [0, 0.05) is 33.0 Å². The zero-order valence-electron chi connectivity index (χ0n) is 26.4. The molecule has 5 nitrogen and oxygen atoms in total. The lowest BCUT2D eigenvalue weighted by Crippen LogP contribution is -2.45. The number of rotatable bonds is 3. The monoisotopic (exact) mass is 628 g/mol. The smallest absolute Gasteiger partial charge is 0.138 e. The fraction of sp³-hybridized carbons (Fsp3) is 0.0455. The SMILES string of the molecule is c1ccc(-c2ccc3nc(N4C5=c6c(c7ccccc7n6-c6ccccc6)=C6c7ccccc7OC6C5c5ccccc54)ccc3n2)cc1. The van der Waals surface area contributed by atoms with Crippen LogP contribution in [0.3, 0.4) is 0 Å². The second kappa shape index (κ2) is 10.0. The second-order valence-corrected chi connectivity index (χ2v) is 12.9. The summed E-state index contributed by atoms with van der Waals surface area (Å²) in [6, 6.07) is 55.5. The van der Waals surface area contributed by atoms with Crippen LogP contribution in [0.5, 0.6) is 5.75 Å². The molecule has 11 rings (SSSR count). The van der Waals surface area contributed by atoms with E-state index in [9.17, 15) is 0 Å². The highest BCUT2D eigenvalue weighted by Gasteiger charge is 2.49. The minimum Gasteiger partial charge on any atom is -0.484 e. The molecule has 2 aliphatic heterocycles. The van der Waals surface area contributed by atoms with Gasteiger partial charge in [0.15, 0.2) is 0 Å². The lowest BCUT2D eigenvalue weighted by Gasteiger charge is -2.29. The third kappa shape index (κ3) is 3.70. The maximum absolute atomic E-state index is 6.99. The van der Waals surface area contributed by atoms with E-state index in [4.69, 9.17) is 14.7 Å². The van der Waals surface area contributed by atoms with Crippen molar-refractivity contribution < 1.29 is 4.74 Å². The normalized spacial score (nSPS) is 17.0. The van der Waals surface area contributed by atoms with E-state index in [0.717, 1.165) is 45.2 Å². The average molecular weight is 629 g/mol. The van der Waals surface area contributed by atoms with Gasteiger partial charge in [0.1, 0.15) is 17.7 Å². The van der Waals surface area contributed by atoms with Crippen molar-refractivity contribution in [1.29, 1.82) is 0 Å². The molecule has 0 amide bonds. The van der Waals surface area contributed by atoms with Crippen LogP contribution >= 0.6 is 0 Å². The topological polar surface area (TPSA) is 43.2 Å². The Kier molecular flexibility index (Phi) is 5.44. The molecule has 5 heterocycles. The van der Waals surface area contributed by atoms with Crippen LogP contribution in [0.2, 0.25) is 0 Å². The van der Waals surface area contributed by atoms with Crippen LogP contribution in [-0.4, -0.2) is 20.6 Å². The summed E-state index contributed by atoms with van der Waals surface area (Å²) < 4.78 is 9.44. The van der Waals surface area contributed by atoms with E-state index >= 15 is 0 Å². The maximum Gasteiger partial charge on any atom is 0.138 e. The van der Waals surface area contributed by atoms with Gasteiger partial charge in [-0.3, -0.25) is 4.90 Å². The highest BCUT2D eigenvalue weighted by Crippen LogP contribution is 2.55. The molecule has 0 spiro atoms. The Balaban J connectivity index is 1.26. The number of para-hydroxylation sites is 4. The first-order valence-corrected chi connectivity index (χ1v) is 16.8. The first-order valence-electron chi connectivity index (χ1n) is 16.8. The van der Waals surface area contributed by atoms with E-state index in [2.05, 4.69) is 149 Å². The number of pyridine rings is 2. The third-order valence-electron chi connectivity index (χ3n) is 10.3. The highest BCUT2D eigenvalue weighted by molar-refractivity contribution is 6.00. The van der Waals surface area contributed by atoms with Crippen molar-refractivity contribution in [2.45, 2.75) is 12.0 Å². The third-order valence-corrected chi connectivity index (χ3v) is 10.3. The van der Waals surface area contributed by atoms with Crippen LogP contribution in [0.4, 0.5) is 11.5 Å². The molecule has 0 bridgehead atoms. The molecule has 5 heteroatoms. The van der Waals surface area contributed by atoms with E-state index in [0.29, 0.717) is 0 Å². The lowest BCUT2D eigenvalue weighted by molar-refractivity contribution is 0.262. The van der Waals surface area contributed by atoms with Gasteiger partial charge < -0.3 is 9.30 Å². The Hall–Kier alpha value is -6.46. The average Bonchev–Trinajstić information content (AvgIpc) is 3.83. The van der Waals surface area contributed by atoms with Gasteiger partial charge in [-0.05, 0) is 60.2 Å². The van der Waals surface area contributed by atoms with E-state index in [1.165, 1.54) is 43.9 Å². The first kappa shape index (κ1) is 26.6. The fourth-order valence-electron chi connectivity index (χ4n) is 8.32. The van der Waals surface area contributed by atoms with Crippen molar-refractivity contribution in [1.82, 2.24) is 14.5 Å². The maximum atomic E-state index is 6.99. The largest absolute Gasteiger partial charge is 0.484 e. The van der Waals surface area contributed by atoms with Gasteiger partial charge in [0.2, 0.25) is 0 Å². The quantitative estimate of drug-likeness (QED) is 0.198. The summed E-state index contributed by atoms with van der Waals surface area (Å²) >= 11 is 0. The van der Waals surface area contributed by atoms with Crippen molar-refractivity contribution >= 4 is 44.7 Å². The van der Waals surface area contributed by atoms with Crippen LogP contribution in [0.25, 0.3) is 50.2 Å². The summed E-state index contributed by atoms with van der Waals surface area (Å²) in [7, 11) is 0. The highest BCUT2D eigenvalue weighted by atomic mass is 16.5. The van der Waals surface area contributed by atoms with Gasteiger partial charge in [-0.25, -0.2) is 9.97 Å². The minimum absolute atomic E-state index is 0.0473. The molecule has 0 radical (unpaired) electrons. The Labute approximate surface area is 282 Å². The molecule has 230 valence electrons. The predicted molar refractivity (Wildman–Crippen MR) is 196 cm³/mol. The van der Waals surface area contributed by atoms with Gasteiger partial charge in [0.25, 0.3) is 0 Å². The summed E-state index contributed by atoms with van der Waals surface area (Å²) in [5.74, 6) is 1.75. The lowest BCUT2D eigenvalue weighted by atomic mass is 9.82. The molecule has 8 aromatic rings. The number of aromatic nitrogens is 3. The number of nitrogens with zero attached hydrogens (tertiary/aromatic N) is 4. The molecule has 0 saturated carbocycles. The van der Waals surface area contributed by atoms with Crippen LogP contribution in [0.1, 0.15) is 17.0 Å². The first-order chi connectivity index (χ1) is 24.3. The molecule has 49 heavy (non-hydrogen) atoms. The molecule has 0 saturated heterocycles. The van der Waals surface area contributed by atoms with E-state index < -0.39 is 0 Å². The Morgan fingerprint density at radius 3 is 2.20 bits per heavy atom. The van der Waals surface area contributed by atoms with Crippen LogP contribution < -0.4 is 20.2 Å². The van der Waals surface area contributed by atoms with E-state index in [-0.39, 0.29) is 12.0 Å². The van der Waals surface area contributed by atoms with Crippen LogP contribution in [0.15, 0.2) is 158 Å². The number of fused-ring (bicyclic) bond motifs is 11. The van der Waals surface area contributed by atoms with Crippen molar-refractivity contribution in [2.75, 3.05) is 4.90 Å². The zero-order chi connectivity index (χ0) is 32.1. The molecule has 5 aromatic carbocycles. The number of hydrogen-bond donors (Lipinski definition) is 0. The number of anilines is 2. The molecule has 3 aliphatic rings. The van der Waals surface area contributed by atoms with E-state index in [1.54, 1.807) is 0 Å². The molecular weight excluding hydrogens is 601 g/mol. The molecule has 1 aliphatic carbocycles. The Morgan fingerprint density at radius 1 is 0.592 bits per heavy atom. The van der Waals surface area contributed by atoms with Crippen molar-refractivity contribution in [3.63, 3.8) is 0 Å². The standard InChI is InChI=1S/C44H28N4O/c1-3-13-27(14-4-1)32-23-24-34-33(45-32)25-26-38(46-34)48-36-21-11-8-18-30(36)41-43(48)42-39(40-31-19-9-12-22-37(31)49-44(40)41)29-17-7-10-20-35(29)47(42)28-15-5-2-6-16-28/h1-26,41,44H. The van der Waals surface area contributed by atoms with Crippen LogP contribution in [0, 0.1) is 0 Å². The molecule has 3 aromatic heterocycles. The summed E-state index contributed by atoms with van der Waals surface area (Å²) in [4.78, 5) is 12.7. The van der Waals surface area contributed by atoms with Crippen LogP contribution in [-0.2, 0) is 0 Å². The van der Waals surface area contributed by atoms with Crippen molar-refractivity contribution in [3.8, 4) is 22.7 Å². The Bertz CT molecular complexity index is 2770. The number of benzene rings is 5. The zero-order valence-corrected chi connectivity index (χ0v) is 26.4. The van der Waals surface area contributed by atoms with Gasteiger partial charge in [-0.2, -0.15) is 0 Å². The van der Waals surface area contributed by atoms with Crippen molar-refractivity contribution in [2.24, 2.45) is 0 Å². The molecule has 0 N–H and O–H groups in total. The van der Waals surface area contributed by atoms with E-state index in [1.807, 2.05) is 18.2 Å². The summed E-state index contributed by atoms with van der Waals surface area (Å²) in [5, 5.41) is 3.63. The van der Waals surface area contributed by atoms with Crippen molar-refractivity contribution in [3.05, 3.63) is 179 Å². The summed E-state index contributed by atoms with van der Waals surface area (Å²) in [6.07, 6.45) is -0.184. The molecule has 0 fully saturated rings. The molecular formula is C44H28N4O. The number of ether oxygens (including phenoxy) is 1. The summed E-state index contributed by atoms with van der Waals surface area (Å²) in [5.41, 5.74) is 12.0. The second-order valence-electron chi connectivity index (χ2n) is 12.9. The Morgan fingerprint density at radius 2 is 1.31 bits per heavy atom. The summed E-state index contributed by atoms with van der Waals surface area (Å²) in [6.45, 7) is 0. The molecule has 2 unspecified atom stereocenters. The van der Waals surface area contributed by atoms with Gasteiger partial charge >= 0.3 is 0 Å². The number of hydrogen-bond acceptors (Lipinski definition) is 4. The van der Waals surface area contributed by atoms with Gasteiger partial charge in [0.05, 0.1) is 44.9 Å².